The Morgan fingerprint density at radius 3 is 0.898 bits per heavy atom. The van der Waals surface area contributed by atoms with E-state index in [0.29, 0.717) is 0 Å². The van der Waals surface area contributed by atoms with Crippen LogP contribution < -0.4 is 41.7 Å². The minimum absolute atomic E-state index is 0.00427. The number of hydrogen-bond acceptors (Lipinski definition) is 52. The van der Waals surface area contributed by atoms with Gasteiger partial charge in [-0.25, -0.2) is 14.4 Å². The Hall–Kier alpha value is -9.16. The Labute approximate surface area is 837 Å². The Kier molecular flexibility index (Phi) is 37.7. The van der Waals surface area contributed by atoms with Gasteiger partial charge < -0.3 is 140 Å². The molecule has 0 aliphatic carbocycles. The lowest BCUT2D eigenvalue weighted by Crippen LogP contribution is -2.68. The minimum atomic E-state index is -5.87. The van der Waals surface area contributed by atoms with Crippen LogP contribution in [-0.4, -0.2) is 557 Å². The molecule has 9 unspecified atom stereocenters. The van der Waals surface area contributed by atoms with Gasteiger partial charge in [-0.2, -0.15) is 15.0 Å². The molecule has 147 heavy (non-hydrogen) atoms. The van der Waals surface area contributed by atoms with Crippen LogP contribution in [0.5, 0.6) is 0 Å². The topological polar surface area (TPSA) is 818 Å². The number of carbonyl (C=O) groups excluding carboxylic acids is 9. The van der Waals surface area contributed by atoms with Gasteiger partial charge in [0.25, 0.3) is 33.4 Å². The summed E-state index contributed by atoms with van der Waals surface area (Å²) >= 11 is 0. The van der Waals surface area contributed by atoms with Crippen molar-refractivity contribution in [2.45, 2.75) is 148 Å². The SMILES string of the molecule is CC1CN([C@H]2CN(CCOCCOCCOC[C@H]3O[C@@H](N4C=NC5C(=O)NC(=N)N=C54)[C@H](O)[C@@H]3O)CC(COP(=O)([O-])OC[C@@]3(CO)CN(CCOCCOCCOC[C@H]4O[C@@H](N5C=NC6C(=O)NC(=N)N=C65)[C@H](O)[C@@H]4O)C[C@H](N4CC(C)C(=O)NC4=O)O3)(COP(=O)([O-])OC[C@]3(CO)CN(CCOCCOCCOC[C@H]4O[C@@H](N5C=NC6C(=O)NC(=N)N=C65)[C@H](O)[C@@H]4O)C[C@H](N4CC(C)C(=O)NC4=O)O3)O2)C(=O)NC1=O. The summed E-state index contributed by atoms with van der Waals surface area (Å²) < 4.78 is 141. The summed E-state index contributed by atoms with van der Waals surface area (Å²) in [6.45, 7) is -5.32. The van der Waals surface area contributed by atoms with Gasteiger partial charge in [-0.3, -0.25) is 145 Å². The van der Waals surface area contributed by atoms with Crippen LogP contribution >= 0.6 is 15.6 Å². The van der Waals surface area contributed by atoms with Crippen LogP contribution in [0.4, 0.5) is 14.4 Å². The first-order chi connectivity index (χ1) is 70.2. The molecule has 0 saturated carbocycles. The molecule has 9 saturated heterocycles. The molecule has 64 nitrogen and oxygen atoms in total. The zero-order chi connectivity index (χ0) is 105. The van der Waals surface area contributed by atoms with Gasteiger partial charge in [0.1, 0.15) is 90.4 Å². The highest BCUT2D eigenvalue weighted by atomic mass is 31.2. The van der Waals surface area contributed by atoms with Gasteiger partial charge in [0.15, 0.2) is 54.3 Å². The highest BCUT2D eigenvalue weighted by Crippen LogP contribution is 2.47. The highest BCUT2D eigenvalue weighted by Gasteiger charge is 2.57. The summed E-state index contributed by atoms with van der Waals surface area (Å²) in [7, 11) is -11.7. The largest absolute Gasteiger partial charge is 0.756 e. The predicted molar refractivity (Wildman–Crippen MR) is 485 cm³/mol. The van der Waals surface area contributed by atoms with Gasteiger partial charge in [-0.15, -0.1) is 0 Å². The zero-order valence-electron chi connectivity index (χ0n) is 80.1. The lowest BCUT2D eigenvalue weighted by atomic mass is 10.0. The fraction of sp³-hybridized carbons (Fsp3) is 0.778. The van der Waals surface area contributed by atoms with Gasteiger partial charge >= 0.3 is 18.1 Å². The number of nitrogens with zero attached hydrogens (tertiary/aromatic N) is 15. The molecule has 0 spiro atoms. The van der Waals surface area contributed by atoms with Crippen LogP contribution in [0.3, 0.4) is 0 Å². The molecule has 17 N–H and O–H groups in total. The number of phosphoric acid groups is 2. The van der Waals surface area contributed by atoms with E-state index >= 15 is 0 Å². The molecule has 15 rings (SSSR count). The summed E-state index contributed by atoms with van der Waals surface area (Å²) in [4.78, 5) is 183. The van der Waals surface area contributed by atoms with E-state index in [1.54, 1.807) is 28.5 Å². The number of urea groups is 3. The molecule has 9 fully saturated rings. The van der Waals surface area contributed by atoms with E-state index in [-0.39, 0.29) is 208 Å². The van der Waals surface area contributed by atoms with Gasteiger partial charge in [0.05, 0.1) is 195 Å². The second kappa shape index (κ2) is 49.5. The molecule has 26 atom stereocenters. The molecule has 12 amide bonds. The summed E-state index contributed by atoms with van der Waals surface area (Å²) in [5.41, 5.74) is -6.51. The third kappa shape index (κ3) is 27.5. The number of aliphatic imine (C=N–C) groups is 6. The van der Waals surface area contributed by atoms with Gasteiger partial charge in [0, 0.05) is 78.5 Å². The van der Waals surface area contributed by atoms with Crippen molar-refractivity contribution in [3.8, 4) is 0 Å². The first-order valence-electron chi connectivity index (χ1n) is 47.4. The average Bonchev–Trinajstić information content (AvgIpc) is 1.76. The number of aliphatic hydroxyl groups is 8. The number of carbonyl (C=O) groups is 9. The number of amidine groups is 3. The summed E-state index contributed by atoms with van der Waals surface area (Å²) in [6, 6.07) is -5.98. The number of fused-ring (bicyclic) bond motifs is 3. The highest BCUT2D eigenvalue weighted by molar-refractivity contribution is 7.46. The number of aliphatic hydroxyl groups excluding tert-OH is 8. The summed E-state index contributed by atoms with van der Waals surface area (Å²) in [5.74, 6) is -7.37. The van der Waals surface area contributed by atoms with Crippen molar-refractivity contribution in [3.05, 3.63) is 0 Å². The average molecular weight is 2130 g/mol. The molecule has 15 heterocycles. The Balaban J connectivity index is 0.578. The van der Waals surface area contributed by atoms with Gasteiger partial charge in [0.2, 0.25) is 35.6 Å². The van der Waals surface area contributed by atoms with E-state index in [9.17, 15) is 103 Å². The zero-order valence-corrected chi connectivity index (χ0v) is 81.8. The maximum atomic E-state index is 14.7. The fourth-order valence-electron chi connectivity index (χ4n) is 18.2. The number of guanidine groups is 3. The van der Waals surface area contributed by atoms with E-state index in [1.165, 1.54) is 50.4 Å². The van der Waals surface area contributed by atoms with Crippen molar-refractivity contribution in [2.75, 3.05) is 237 Å². The van der Waals surface area contributed by atoms with Crippen molar-refractivity contribution >= 4 is 124 Å². The smallest absolute Gasteiger partial charge is 0.326 e. The minimum Gasteiger partial charge on any atom is -0.756 e. The third-order valence-electron chi connectivity index (χ3n) is 26.0. The fourth-order valence-corrected chi connectivity index (χ4v) is 19.9. The number of amides is 12. The van der Waals surface area contributed by atoms with Crippen molar-refractivity contribution in [1.82, 2.24) is 76.0 Å². The van der Waals surface area contributed by atoms with E-state index in [0.717, 1.165) is 4.90 Å². The van der Waals surface area contributed by atoms with E-state index in [1.807, 2.05) is 0 Å². The molecule has 818 valence electrons. The standard InChI is InChI=1S/C81H124N24O40P2/c1-43-22-100(76(120)94-64(43)114)49-25-97(4-7-127-10-13-130-16-19-133-28-46-55(108)58(111)70(140-46)103-40-85-52-61(103)88-73(82)91-67(52)117)31-79(34-106,143-49)36-136-146(123,124)138-38-81(33-99(27-51(145-81)102-24-45(3)66(116)96-78(102)122)6-9-129-12-15-132-18-21-135-30-48-57(110)60(113)72(142-48)105-42-87-54-63(105)90-75(84)93-69(54)119)39-139-147(125,126)137-37-80(35-107)32-98(26-50(144-80)101-23-44(2)65(115)95-77(101)121)5-8-128-11-14-131-17-20-134-29-47-56(109)59(112)71(141-47)104-41-86-53-62(104)89-74(83)92-68(53)118/h40-60,70-72,106-113H,4-39H2,1-3H3,(H,123,124)(H,125,126)(H2,82,91,117)(H2,83,92,118)(H2,84,93,119)(H,94,114,120)(H,95,115,121)(H,96,116,122)/p-2/t43?,44?,45?,46-,47-,48-,49-,50-,51-,52?,53?,54?,55-,56-,57-,58-,59-,60-,70-,71-,72-,79-,80+,81?/m1/s1. The van der Waals surface area contributed by atoms with E-state index in [2.05, 4.69) is 61.9 Å². The molecule has 66 heteroatoms. The second-order valence-electron chi connectivity index (χ2n) is 37.0. The molecule has 15 aliphatic heterocycles. The monoisotopic (exact) mass is 2130 g/mol. The number of morpholine rings is 3. The van der Waals surface area contributed by atoms with Crippen molar-refractivity contribution in [3.63, 3.8) is 0 Å². The number of hydrogen-bond donors (Lipinski definition) is 17. The Morgan fingerprint density at radius 1 is 0.367 bits per heavy atom. The van der Waals surface area contributed by atoms with Crippen molar-refractivity contribution < 1.29 is 192 Å². The Morgan fingerprint density at radius 2 is 0.619 bits per heavy atom. The maximum Gasteiger partial charge on any atom is 0.326 e. The third-order valence-corrected chi connectivity index (χ3v) is 27.8. The summed E-state index contributed by atoms with van der Waals surface area (Å²) in [5, 5.41) is 125. The first-order valence-corrected chi connectivity index (χ1v) is 50.3. The molecular weight excluding hydrogens is 2010 g/mol. The molecule has 0 aromatic carbocycles. The van der Waals surface area contributed by atoms with Crippen LogP contribution in [0.15, 0.2) is 30.0 Å². The van der Waals surface area contributed by atoms with E-state index < -0.39 is 278 Å². The molecule has 15 aliphatic rings. The summed E-state index contributed by atoms with van der Waals surface area (Å²) in [6.07, 6.45) is -16.0. The Bertz CT molecular complexity index is 4850. The van der Waals surface area contributed by atoms with Crippen LogP contribution in [-0.2, 0) is 127 Å². The van der Waals surface area contributed by atoms with Crippen molar-refractivity contribution in [2.24, 2.45) is 47.7 Å². The number of phosphoric ester groups is 2. The van der Waals surface area contributed by atoms with Crippen LogP contribution in [0, 0.1) is 34.0 Å². The van der Waals surface area contributed by atoms with E-state index in [4.69, 9.17) is 105 Å². The maximum absolute atomic E-state index is 14.7. The quantitative estimate of drug-likeness (QED) is 0.0199. The van der Waals surface area contributed by atoms with Gasteiger partial charge in [-0.05, 0) is 0 Å². The second-order valence-corrected chi connectivity index (χ2v) is 39.8. The molecule has 0 radical (unpaired) electrons. The normalized spacial score (nSPS) is 34.7. The predicted octanol–water partition coefficient (Wildman–Crippen LogP) is -13.3. The van der Waals surface area contributed by atoms with Gasteiger partial charge in [-0.1, -0.05) is 20.8 Å². The number of rotatable bonds is 53. The number of ether oxygens (including phenoxy) is 15. The number of nitrogens with one attached hydrogen (secondary N) is 9. The van der Waals surface area contributed by atoms with Crippen LogP contribution in [0.1, 0.15) is 20.8 Å². The lowest BCUT2D eigenvalue weighted by Gasteiger charge is -2.51. The molecule has 0 aromatic heterocycles. The lowest BCUT2D eigenvalue weighted by molar-refractivity contribution is -0.268. The van der Waals surface area contributed by atoms with Crippen molar-refractivity contribution in [1.29, 1.82) is 16.2 Å². The van der Waals surface area contributed by atoms with Crippen LogP contribution in [0.25, 0.3) is 0 Å². The number of imide groups is 3. The molecule has 0 bridgehead atoms. The molecular formula is C81H122N24O40P2-2. The first kappa shape index (κ1) is 112. The van der Waals surface area contributed by atoms with Crippen LogP contribution in [0.2, 0.25) is 0 Å². The molecule has 0 aromatic rings.